The molecule has 4 rings (SSSR count). The van der Waals surface area contributed by atoms with Gasteiger partial charge >= 0.3 is 0 Å². The average molecular weight is 332 g/mol. The van der Waals surface area contributed by atoms with E-state index in [4.69, 9.17) is 2.74 Å². The number of rotatable bonds is 1. The molecule has 0 spiro atoms. The van der Waals surface area contributed by atoms with Crippen LogP contribution in [0.25, 0.3) is 0 Å². The molecule has 128 valence electrons. The van der Waals surface area contributed by atoms with Gasteiger partial charge in [-0.2, -0.15) is 0 Å². The third-order valence-electron chi connectivity index (χ3n) is 5.51. The molecule has 2 amide bonds. The third-order valence-corrected chi connectivity index (χ3v) is 5.51. The molecule has 0 bridgehead atoms. The highest BCUT2D eigenvalue weighted by Crippen LogP contribution is 2.35. The second-order valence-electron chi connectivity index (χ2n) is 6.94. The Morgan fingerprint density at radius 2 is 2.08 bits per heavy atom. The van der Waals surface area contributed by atoms with Crippen molar-refractivity contribution in [2.45, 2.75) is 44.5 Å². The van der Waals surface area contributed by atoms with Gasteiger partial charge in [0, 0.05) is 21.7 Å². The van der Waals surface area contributed by atoms with Gasteiger partial charge in [0.1, 0.15) is 5.82 Å². The standard InChI is InChI=1S/C19H23FN2O2/c20-15-7-6-13-8-9-22-17(16(13)10-15)11-21(12-18(22)23)19(24)14-4-2-1-3-5-14/h6-7,10,14,17H,1-5,8-9,11-12H2/t17-/m0/s1/i1D2. The van der Waals surface area contributed by atoms with E-state index in [1.807, 2.05) is 0 Å². The lowest BCUT2D eigenvalue weighted by atomic mass is 9.86. The first-order valence-corrected chi connectivity index (χ1v) is 8.71. The van der Waals surface area contributed by atoms with E-state index in [0.717, 1.165) is 11.1 Å². The Balaban J connectivity index is 1.54. The van der Waals surface area contributed by atoms with Gasteiger partial charge in [-0.1, -0.05) is 25.3 Å². The van der Waals surface area contributed by atoms with Crippen molar-refractivity contribution in [3.63, 3.8) is 0 Å². The quantitative estimate of drug-likeness (QED) is 0.793. The molecule has 1 saturated heterocycles. The summed E-state index contributed by atoms with van der Waals surface area (Å²) in [5.41, 5.74) is 1.85. The van der Waals surface area contributed by atoms with Crippen LogP contribution in [0, 0.1) is 11.7 Å². The van der Waals surface area contributed by atoms with Crippen LogP contribution in [0.15, 0.2) is 18.2 Å². The highest BCUT2D eigenvalue weighted by Gasteiger charge is 2.40. The van der Waals surface area contributed by atoms with Gasteiger partial charge in [-0.05, 0) is 42.5 Å². The first-order chi connectivity index (χ1) is 12.3. The third kappa shape index (κ3) is 2.70. The predicted octanol–water partition coefficient (Wildman–Crippen LogP) is 2.67. The van der Waals surface area contributed by atoms with E-state index in [1.165, 1.54) is 12.1 Å². The molecule has 4 nitrogen and oxygen atoms in total. The zero-order valence-electron chi connectivity index (χ0n) is 15.6. The first-order valence-electron chi connectivity index (χ1n) is 9.71. The molecule has 0 aromatic heterocycles. The number of piperazine rings is 1. The molecule has 0 N–H and O–H groups in total. The Bertz CT molecular complexity index is 745. The highest BCUT2D eigenvalue weighted by atomic mass is 19.1. The Kier molecular flexibility index (Phi) is 3.45. The van der Waals surface area contributed by atoms with E-state index in [1.54, 1.807) is 15.9 Å². The van der Waals surface area contributed by atoms with Gasteiger partial charge in [0.15, 0.2) is 0 Å². The number of carbonyl (C=O) groups is 2. The summed E-state index contributed by atoms with van der Waals surface area (Å²) in [5.74, 6) is -0.683. The minimum absolute atomic E-state index is 0.0583. The van der Waals surface area contributed by atoms with Gasteiger partial charge in [0.25, 0.3) is 0 Å². The molecule has 1 aromatic carbocycles. The van der Waals surface area contributed by atoms with Gasteiger partial charge < -0.3 is 9.80 Å². The summed E-state index contributed by atoms with van der Waals surface area (Å²) in [5, 5.41) is 0. The van der Waals surface area contributed by atoms with Crippen LogP contribution < -0.4 is 0 Å². The second kappa shape index (κ2) is 6.19. The van der Waals surface area contributed by atoms with E-state index in [0.29, 0.717) is 45.2 Å². The van der Waals surface area contributed by atoms with E-state index in [-0.39, 0.29) is 36.1 Å². The molecule has 5 heteroatoms. The number of halogens is 1. The Labute approximate surface area is 144 Å². The van der Waals surface area contributed by atoms with Gasteiger partial charge in [-0.25, -0.2) is 4.39 Å². The molecule has 0 radical (unpaired) electrons. The molecule has 1 atom stereocenters. The fraction of sp³-hybridized carbons (Fsp3) is 0.579. The SMILES string of the molecule is [2H]C1([2H])CCC(C(=O)N2CC(=O)N3CCc4ccc(F)cc4[C@@H]3C2)CC1. The predicted molar refractivity (Wildman–Crippen MR) is 87.7 cm³/mol. The number of hydrogen-bond acceptors (Lipinski definition) is 2. The molecule has 2 heterocycles. The number of hydrogen-bond donors (Lipinski definition) is 0. The van der Waals surface area contributed by atoms with Crippen LogP contribution in [0.1, 0.15) is 52.0 Å². The van der Waals surface area contributed by atoms with Crippen LogP contribution >= 0.6 is 0 Å². The summed E-state index contributed by atoms with van der Waals surface area (Å²) in [4.78, 5) is 28.9. The fourth-order valence-electron chi connectivity index (χ4n) is 4.19. The van der Waals surface area contributed by atoms with Gasteiger partial charge in [0.05, 0.1) is 12.6 Å². The summed E-state index contributed by atoms with van der Waals surface area (Å²) in [6, 6.07) is 4.42. The maximum absolute atomic E-state index is 13.8. The van der Waals surface area contributed by atoms with Gasteiger partial charge in [-0.3, -0.25) is 9.59 Å². The number of amides is 2. The van der Waals surface area contributed by atoms with Crippen molar-refractivity contribution in [1.29, 1.82) is 0 Å². The zero-order valence-corrected chi connectivity index (χ0v) is 13.6. The molecule has 1 aromatic rings. The lowest BCUT2D eigenvalue weighted by molar-refractivity contribution is -0.152. The summed E-state index contributed by atoms with van der Waals surface area (Å²) in [6.45, 7) is 1.07. The maximum atomic E-state index is 13.8. The van der Waals surface area contributed by atoms with Crippen molar-refractivity contribution < 1.29 is 16.7 Å². The normalized spacial score (nSPS) is 27.9. The molecule has 24 heavy (non-hydrogen) atoms. The van der Waals surface area contributed by atoms with E-state index < -0.39 is 6.37 Å². The Morgan fingerprint density at radius 3 is 2.88 bits per heavy atom. The van der Waals surface area contributed by atoms with Crippen LogP contribution in [0.2, 0.25) is 0 Å². The molecule has 0 unspecified atom stereocenters. The van der Waals surface area contributed by atoms with E-state index >= 15 is 0 Å². The van der Waals surface area contributed by atoms with Crippen molar-refractivity contribution in [3.8, 4) is 0 Å². The van der Waals surface area contributed by atoms with Crippen molar-refractivity contribution in [2.75, 3.05) is 19.6 Å². The highest BCUT2D eigenvalue weighted by molar-refractivity contribution is 5.87. The zero-order chi connectivity index (χ0) is 18.5. The summed E-state index contributed by atoms with van der Waals surface area (Å²) < 4.78 is 29.4. The number of nitrogens with zero attached hydrogens (tertiary/aromatic N) is 2. The molecule has 3 aliphatic rings. The largest absolute Gasteiger partial charge is 0.332 e. The van der Waals surface area contributed by atoms with Crippen molar-refractivity contribution in [3.05, 3.63) is 35.1 Å². The van der Waals surface area contributed by atoms with Crippen LogP contribution in [0.3, 0.4) is 0 Å². The molecule has 2 aliphatic heterocycles. The van der Waals surface area contributed by atoms with E-state index in [9.17, 15) is 14.0 Å². The van der Waals surface area contributed by atoms with Crippen molar-refractivity contribution >= 4 is 11.8 Å². The monoisotopic (exact) mass is 332 g/mol. The summed E-state index contributed by atoms with van der Waals surface area (Å²) >= 11 is 0. The minimum atomic E-state index is -1.19. The average Bonchev–Trinajstić information content (AvgIpc) is 2.61. The minimum Gasteiger partial charge on any atom is -0.332 e. The summed E-state index contributed by atoms with van der Waals surface area (Å²) in [7, 11) is 0. The molecule has 2 fully saturated rings. The Hall–Kier alpha value is -1.91. The van der Waals surface area contributed by atoms with Crippen LogP contribution in [0.5, 0.6) is 0 Å². The molecular formula is C19H23FN2O2. The number of benzene rings is 1. The van der Waals surface area contributed by atoms with E-state index in [2.05, 4.69) is 0 Å². The molecular weight excluding hydrogens is 307 g/mol. The van der Waals surface area contributed by atoms with Crippen LogP contribution in [0.4, 0.5) is 4.39 Å². The van der Waals surface area contributed by atoms with Crippen molar-refractivity contribution in [2.24, 2.45) is 5.92 Å². The maximum Gasteiger partial charge on any atom is 0.242 e. The second-order valence-corrected chi connectivity index (χ2v) is 6.94. The Morgan fingerprint density at radius 1 is 1.29 bits per heavy atom. The smallest absolute Gasteiger partial charge is 0.242 e. The molecule has 1 aliphatic carbocycles. The molecule has 1 saturated carbocycles. The fourth-order valence-corrected chi connectivity index (χ4v) is 4.19. The van der Waals surface area contributed by atoms with Gasteiger partial charge in [0.2, 0.25) is 11.8 Å². The number of carbonyl (C=O) groups excluding carboxylic acids is 2. The van der Waals surface area contributed by atoms with Gasteiger partial charge in [-0.15, -0.1) is 0 Å². The lowest BCUT2D eigenvalue weighted by Gasteiger charge is -2.45. The van der Waals surface area contributed by atoms with Crippen molar-refractivity contribution in [1.82, 2.24) is 9.80 Å². The van der Waals surface area contributed by atoms with Crippen LogP contribution in [-0.2, 0) is 16.0 Å². The summed E-state index contributed by atoms with van der Waals surface area (Å²) in [6.07, 6.45) is 1.34. The lowest BCUT2D eigenvalue weighted by Crippen LogP contribution is -2.56. The number of fused-ring (bicyclic) bond motifs is 3. The first kappa shape index (κ1) is 13.4. The van der Waals surface area contributed by atoms with Crippen LogP contribution in [-0.4, -0.2) is 41.2 Å². The topological polar surface area (TPSA) is 40.6 Å².